The number of hydrogen-bond donors (Lipinski definition) is 1. The van der Waals surface area contributed by atoms with E-state index in [0.29, 0.717) is 18.9 Å². The molecule has 0 bridgehead atoms. The minimum absolute atomic E-state index is 0.181. The van der Waals surface area contributed by atoms with Gasteiger partial charge in [-0.25, -0.2) is 4.98 Å². The van der Waals surface area contributed by atoms with Crippen molar-refractivity contribution in [1.29, 1.82) is 0 Å². The molecule has 0 aliphatic carbocycles. The van der Waals surface area contributed by atoms with Gasteiger partial charge >= 0.3 is 0 Å². The Morgan fingerprint density at radius 2 is 2.16 bits per heavy atom. The summed E-state index contributed by atoms with van der Waals surface area (Å²) >= 11 is 0. The van der Waals surface area contributed by atoms with Crippen LogP contribution in [-0.4, -0.2) is 47.1 Å². The molecule has 1 amide bonds. The highest BCUT2D eigenvalue weighted by molar-refractivity contribution is 5.78. The van der Waals surface area contributed by atoms with Crippen LogP contribution in [-0.2, 0) is 16.0 Å². The summed E-state index contributed by atoms with van der Waals surface area (Å²) in [6, 6.07) is 4.23. The molecule has 0 unspecified atom stereocenters. The molecule has 0 radical (unpaired) electrons. The van der Waals surface area contributed by atoms with Crippen molar-refractivity contribution in [3.8, 4) is 0 Å². The van der Waals surface area contributed by atoms with Crippen molar-refractivity contribution in [1.82, 2.24) is 14.9 Å². The van der Waals surface area contributed by atoms with Gasteiger partial charge in [-0.2, -0.15) is 0 Å². The average Bonchev–Trinajstić information content (AvgIpc) is 3.22. The number of aryl methyl sites for hydroxylation is 3. The number of aromatic amines is 1. The third kappa shape index (κ3) is 4.60. The van der Waals surface area contributed by atoms with Crippen LogP contribution in [0.5, 0.6) is 0 Å². The second-order valence-corrected chi connectivity index (χ2v) is 7.23. The monoisotopic (exact) mass is 343 g/mol. The standard InChI is InChI=1S/C20H29N3O2/c1-14-12-17-18(13-15(14)2)22-19(21-17)8-9-20(24)23(3)10-4-6-16-7-5-11-25-16/h12-13,16H,4-11H2,1-3H3,(H,21,22)/t16-/m0/s1. The second-order valence-electron chi connectivity index (χ2n) is 7.23. The summed E-state index contributed by atoms with van der Waals surface area (Å²) in [6.07, 6.45) is 5.97. The molecular formula is C20H29N3O2. The Balaban J connectivity index is 1.46. The van der Waals surface area contributed by atoms with E-state index in [0.717, 1.165) is 42.9 Å². The van der Waals surface area contributed by atoms with Crippen molar-refractivity contribution in [3.63, 3.8) is 0 Å². The molecule has 1 N–H and O–H groups in total. The van der Waals surface area contributed by atoms with Crippen molar-refractivity contribution in [2.45, 2.75) is 58.5 Å². The van der Waals surface area contributed by atoms with Gasteiger partial charge in [-0.05, 0) is 62.8 Å². The van der Waals surface area contributed by atoms with Crippen LogP contribution in [0.15, 0.2) is 12.1 Å². The third-order valence-corrected chi connectivity index (χ3v) is 5.19. The van der Waals surface area contributed by atoms with E-state index in [1.807, 2.05) is 11.9 Å². The summed E-state index contributed by atoms with van der Waals surface area (Å²) in [4.78, 5) is 22.1. The fourth-order valence-corrected chi connectivity index (χ4v) is 3.41. The van der Waals surface area contributed by atoms with Gasteiger partial charge in [0.15, 0.2) is 0 Å². The van der Waals surface area contributed by atoms with Crippen LogP contribution in [0.25, 0.3) is 11.0 Å². The van der Waals surface area contributed by atoms with Crippen molar-refractivity contribution >= 4 is 16.9 Å². The minimum Gasteiger partial charge on any atom is -0.378 e. The van der Waals surface area contributed by atoms with Gasteiger partial charge in [0.25, 0.3) is 0 Å². The molecule has 2 heterocycles. The summed E-state index contributed by atoms with van der Waals surface area (Å²) in [5, 5.41) is 0. The zero-order chi connectivity index (χ0) is 17.8. The lowest BCUT2D eigenvalue weighted by molar-refractivity contribution is -0.130. The van der Waals surface area contributed by atoms with Crippen LogP contribution < -0.4 is 0 Å². The Morgan fingerprint density at radius 3 is 2.92 bits per heavy atom. The molecule has 1 aromatic carbocycles. The number of imidazole rings is 1. The number of carbonyl (C=O) groups excluding carboxylic acids is 1. The molecule has 3 rings (SSSR count). The minimum atomic E-state index is 0.181. The number of benzene rings is 1. The van der Waals surface area contributed by atoms with Crippen molar-refractivity contribution < 1.29 is 9.53 Å². The van der Waals surface area contributed by atoms with Crippen LogP contribution in [0.4, 0.5) is 0 Å². The normalized spacial score (nSPS) is 17.3. The first-order valence-electron chi connectivity index (χ1n) is 9.34. The quantitative estimate of drug-likeness (QED) is 0.837. The fourth-order valence-electron chi connectivity index (χ4n) is 3.41. The van der Waals surface area contributed by atoms with Gasteiger partial charge in [0.1, 0.15) is 5.82 Å². The number of aromatic nitrogens is 2. The van der Waals surface area contributed by atoms with Gasteiger partial charge in [-0.15, -0.1) is 0 Å². The number of nitrogens with zero attached hydrogens (tertiary/aromatic N) is 2. The lowest BCUT2D eigenvalue weighted by atomic mass is 10.1. The SMILES string of the molecule is Cc1cc2nc(CCC(=O)N(C)CCC[C@H]3CCCO3)[nH]c2cc1C. The van der Waals surface area contributed by atoms with Gasteiger partial charge in [0.2, 0.25) is 5.91 Å². The van der Waals surface area contributed by atoms with E-state index in [1.165, 1.54) is 24.0 Å². The first-order chi connectivity index (χ1) is 12.0. The highest BCUT2D eigenvalue weighted by Crippen LogP contribution is 2.18. The number of fused-ring (bicyclic) bond motifs is 1. The molecule has 1 fully saturated rings. The lowest BCUT2D eigenvalue weighted by Crippen LogP contribution is -2.28. The summed E-state index contributed by atoms with van der Waals surface area (Å²) < 4.78 is 5.63. The highest BCUT2D eigenvalue weighted by Gasteiger charge is 2.16. The van der Waals surface area contributed by atoms with Crippen LogP contribution >= 0.6 is 0 Å². The van der Waals surface area contributed by atoms with Crippen molar-refractivity contribution in [2.75, 3.05) is 20.2 Å². The van der Waals surface area contributed by atoms with Crippen LogP contribution in [0.3, 0.4) is 0 Å². The molecule has 1 saturated heterocycles. The van der Waals surface area contributed by atoms with E-state index in [-0.39, 0.29) is 5.91 Å². The predicted molar refractivity (Wildman–Crippen MR) is 99.7 cm³/mol. The van der Waals surface area contributed by atoms with Gasteiger partial charge in [0.05, 0.1) is 17.1 Å². The van der Waals surface area contributed by atoms with E-state index in [1.54, 1.807) is 0 Å². The summed E-state index contributed by atoms with van der Waals surface area (Å²) in [6.45, 7) is 5.90. The third-order valence-electron chi connectivity index (χ3n) is 5.19. The predicted octanol–water partition coefficient (Wildman–Crippen LogP) is 3.53. The Kier molecular flexibility index (Phi) is 5.74. The molecule has 1 aliphatic heterocycles. The molecule has 136 valence electrons. The van der Waals surface area contributed by atoms with Crippen molar-refractivity contribution in [3.05, 3.63) is 29.1 Å². The number of carbonyl (C=O) groups is 1. The topological polar surface area (TPSA) is 58.2 Å². The number of H-pyrrole nitrogens is 1. The van der Waals surface area contributed by atoms with Crippen LogP contribution in [0.1, 0.15) is 49.1 Å². The van der Waals surface area contributed by atoms with E-state index in [9.17, 15) is 4.79 Å². The summed E-state index contributed by atoms with van der Waals surface area (Å²) in [7, 11) is 1.89. The molecule has 25 heavy (non-hydrogen) atoms. The Bertz CT molecular complexity index is 693. The zero-order valence-electron chi connectivity index (χ0n) is 15.6. The van der Waals surface area contributed by atoms with Crippen molar-refractivity contribution in [2.24, 2.45) is 0 Å². The molecule has 0 spiro atoms. The maximum absolute atomic E-state index is 12.3. The molecule has 1 aliphatic rings. The maximum Gasteiger partial charge on any atom is 0.222 e. The zero-order valence-corrected chi connectivity index (χ0v) is 15.6. The average molecular weight is 343 g/mol. The largest absolute Gasteiger partial charge is 0.378 e. The van der Waals surface area contributed by atoms with E-state index in [4.69, 9.17) is 4.74 Å². The second kappa shape index (κ2) is 8.00. The van der Waals surface area contributed by atoms with Crippen LogP contribution in [0.2, 0.25) is 0 Å². The Morgan fingerprint density at radius 1 is 1.36 bits per heavy atom. The van der Waals surface area contributed by atoms with Gasteiger partial charge < -0.3 is 14.6 Å². The maximum atomic E-state index is 12.3. The number of amides is 1. The number of hydrogen-bond acceptors (Lipinski definition) is 3. The van der Waals surface area contributed by atoms with Crippen LogP contribution in [0, 0.1) is 13.8 Å². The molecule has 1 aromatic heterocycles. The molecule has 5 nitrogen and oxygen atoms in total. The first kappa shape index (κ1) is 17.9. The Labute approximate surface area is 149 Å². The smallest absolute Gasteiger partial charge is 0.222 e. The number of ether oxygens (including phenoxy) is 1. The molecule has 2 aromatic rings. The van der Waals surface area contributed by atoms with Gasteiger partial charge in [-0.1, -0.05) is 0 Å². The summed E-state index contributed by atoms with van der Waals surface area (Å²) in [5.41, 5.74) is 4.53. The fraction of sp³-hybridized carbons (Fsp3) is 0.600. The molecule has 0 saturated carbocycles. The summed E-state index contributed by atoms with van der Waals surface area (Å²) in [5.74, 6) is 1.07. The van der Waals surface area contributed by atoms with E-state index >= 15 is 0 Å². The first-order valence-corrected chi connectivity index (χ1v) is 9.34. The number of rotatable bonds is 7. The van der Waals surface area contributed by atoms with Gasteiger partial charge in [-0.3, -0.25) is 4.79 Å². The lowest BCUT2D eigenvalue weighted by Gasteiger charge is -2.18. The molecular weight excluding hydrogens is 314 g/mol. The van der Waals surface area contributed by atoms with E-state index in [2.05, 4.69) is 35.9 Å². The number of nitrogens with one attached hydrogen (secondary N) is 1. The highest BCUT2D eigenvalue weighted by atomic mass is 16.5. The van der Waals surface area contributed by atoms with E-state index < -0.39 is 0 Å². The Hall–Kier alpha value is -1.88. The molecule has 1 atom stereocenters. The van der Waals surface area contributed by atoms with Gasteiger partial charge in [0, 0.05) is 33.0 Å². The molecule has 5 heteroatoms.